The molecule has 8 heteroatoms. The summed E-state index contributed by atoms with van der Waals surface area (Å²) < 4.78 is 26.2. The molecule has 1 heterocycles. The normalized spacial score (nSPS) is 11.2. The molecular formula is C30H23ClFN3O3. The summed E-state index contributed by atoms with van der Waals surface area (Å²) in [5.41, 5.74) is 2.44. The molecule has 0 aliphatic carbocycles. The van der Waals surface area contributed by atoms with E-state index in [4.69, 9.17) is 26.1 Å². The number of aromatic nitrogens is 2. The largest absolute Gasteiger partial charge is 0.490 e. The third-order valence-corrected chi connectivity index (χ3v) is 6.02. The summed E-state index contributed by atoms with van der Waals surface area (Å²) in [4.78, 5) is 18.1. The summed E-state index contributed by atoms with van der Waals surface area (Å²) in [6.07, 6.45) is 1.53. The van der Waals surface area contributed by atoms with Crippen LogP contribution in [0.4, 0.5) is 4.39 Å². The Morgan fingerprint density at radius 3 is 2.47 bits per heavy atom. The first-order chi connectivity index (χ1) is 18.5. The minimum absolute atomic E-state index is 0.187. The highest BCUT2D eigenvalue weighted by atomic mass is 35.5. The van der Waals surface area contributed by atoms with Crippen molar-refractivity contribution in [2.24, 2.45) is 5.10 Å². The van der Waals surface area contributed by atoms with E-state index in [1.54, 1.807) is 42.5 Å². The third-order valence-electron chi connectivity index (χ3n) is 5.74. The van der Waals surface area contributed by atoms with E-state index in [1.807, 2.05) is 43.3 Å². The molecule has 0 N–H and O–H groups in total. The molecule has 0 unspecified atom stereocenters. The summed E-state index contributed by atoms with van der Waals surface area (Å²) in [5, 5.41) is 5.27. The SMILES string of the molecule is CCOc1cc(C=Nn2c(-c3ccccc3)nc3ccccc3c2=O)cc(Cl)c1OCc1ccc(F)cc1. The van der Waals surface area contributed by atoms with Gasteiger partial charge in [-0.15, -0.1) is 0 Å². The van der Waals surface area contributed by atoms with Crippen LogP contribution >= 0.6 is 11.6 Å². The highest BCUT2D eigenvalue weighted by Crippen LogP contribution is 2.37. The molecule has 0 aliphatic rings. The summed E-state index contributed by atoms with van der Waals surface area (Å²) in [7, 11) is 0. The van der Waals surface area contributed by atoms with E-state index in [1.165, 1.54) is 23.0 Å². The molecule has 0 atom stereocenters. The second-order valence-corrected chi connectivity index (χ2v) is 8.77. The highest BCUT2D eigenvalue weighted by molar-refractivity contribution is 6.32. The predicted molar refractivity (Wildman–Crippen MR) is 148 cm³/mol. The van der Waals surface area contributed by atoms with Gasteiger partial charge in [0.2, 0.25) is 0 Å². The molecule has 0 saturated carbocycles. The Bertz CT molecular complexity index is 1670. The molecule has 0 spiro atoms. The van der Waals surface area contributed by atoms with Crippen LogP contribution in [0.3, 0.4) is 0 Å². The fourth-order valence-electron chi connectivity index (χ4n) is 3.93. The fraction of sp³-hybridized carbons (Fsp3) is 0.100. The van der Waals surface area contributed by atoms with E-state index in [-0.39, 0.29) is 18.0 Å². The number of rotatable bonds is 8. The molecule has 38 heavy (non-hydrogen) atoms. The quantitative estimate of drug-likeness (QED) is 0.210. The molecular weight excluding hydrogens is 505 g/mol. The van der Waals surface area contributed by atoms with Gasteiger partial charge in [-0.25, -0.2) is 9.37 Å². The third kappa shape index (κ3) is 5.43. The zero-order chi connectivity index (χ0) is 26.5. The van der Waals surface area contributed by atoms with Gasteiger partial charge in [0.1, 0.15) is 12.4 Å². The van der Waals surface area contributed by atoms with Crippen molar-refractivity contribution in [3.05, 3.63) is 123 Å². The number of nitrogens with zero attached hydrogens (tertiary/aromatic N) is 3. The Kier molecular flexibility index (Phi) is 7.47. The first-order valence-electron chi connectivity index (χ1n) is 12.0. The Morgan fingerprint density at radius 1 is 0.974 bits per heavy atom. The molecule has 5 aromatic rings. The predicted octanol–water partition coefficient (Wildman–Crippen LogP) is 6.72. The Hall–Kier alpha value is -4.49. The van der Waals surface area contributed by atoms with Crippen molar-refractivity contribution >= 4 is 28.7 Å². The molecule has 190 valence electrons. The van der Waals surface area contributed by atoms with Crippen LogP contribution < -0.4 is 15.0 Å². The van der Waals surface area contributed by atoms with Gasteiger partial charge in [-0.05, 0) is 54.4 Å². The van der Waals surface area contributed by atoms with E-state index in [2.05, 4.69) is 5.10 Å². The number of hydrogen-bond acceptors (Lipinski definition) is 5. The van der Waals surface area contributed by atoms with Crippen LogP contribution in [0.5, 0.6) is 11.5 Å². The van der Waals surface area contributed by atoms with Gasteiger partial charge in [-0.2, -0.15) is 9.78 Å². The molecule has 0 fully saturated rings. The lowest BCUT2D eigenvalue weighted by Crippen LogP contribution is -2.20. The van der Waals surface area contributed by atoms with Crippen molar-refractivity contribution < 1.29 is 13.9 Å². The van der Waals surface area contributed by atoms with Crippen LogP contribution in [0.25, 0.3) is 22.3 Å². The number of fused-ring (bicyclic) bond motifs is 1. The van der Waals surface area contributed by atoms with Crippen molar-refractivity contribution in [1.82, 2.24) is 9.66 Å². The van der Waals surface area contributed by atoms with Crippen LogP contribution in [-0.2, 0) is 6.61 Å². The Balaban J connectivity index is 1.52. The number of halogens is 2. The van der Waals surface area contributed by atoms with E-state index in [0.29, 0.717) is 45.4 Å². The average molecular weight is 528 g/mol. The average Bonchev–Trinajstić information content (AvgIpc) is 2.93. The van der Waals surface area contributed by atoms with Crippen LogP contribution in [0, 0.1) is 5.82 Å². The van der Waals surface area contributed by atoms with Gasteiger partial charge in [0.15, 0.2) is 17.3 Å². The fourth-order valence-corrected chi connectivity index (χ4v) is 4.20. The molecule has 0 saturated heterocycles. The van der Waals surface area contributed by atoms with Gasteiger partial charge in [0.25, 0.3) is 5.56 Å². The summed E-state index contributed by atoms with van der Waals surface area (Å²) in [6.45, 7) is 2.42. The van der Waals surface area contributed by atoms with Gasteiger partial charge in [-0.3, -0.25) is 4.79 Å². The summed E-state index contributed by atoms with van der Waals surface area (Å²) >= 11 is 6.57. The maximum Gasteiger partial charge on any atom is 0.282 e. The summed E-state index contributed by atoms with van der Waals surface area (Å²) in [5.74, 6) is 0.892. The lowest BCUT2D eigenvalue weighted by molar-refractivity contribution is 0.269. The number of ether oxygens (including phenoxy) is 2. The highest BCUT2D eigenvalue weighted by Gasteiger charge is 2.15. The van der Waals surface area contributed by atoms with Crippen molar-refractivity contribution in [2.45, 2.75) is 13.5 Å². The molecule has 4 aromatic carbocycles. The van der Waals surface area contributed by atoms with Crippen LogP contribution in [0.1, 0.15) is 18.1 Å². The van der Waals surface area contributed by atoms with Crippen molar-refractivity contribution in [3.8, 4) is 22.9 Å². The molecule has 0 bridgehead atoms. The zero-order valence-electron chi connectivity index (χ0n) is 20.5. The number of hydrogen-bond donors (Lipinski definition) is 0. The monoisotopic (exact) mass is 527 g/mol. The van der Waals surface area contributed by atoms with Gasteiger partial charge < -0.3 is 9.47 Å². The van der Waals surface area contributed by atoms with Gasteiger partial charge in [0.05, 0.1) is 28.7 Å². The minimum atomic E-state index is -0.318. The van der Waals surface area contributed by atoms with Gasteiger partial charge in [0, 0.05) is 5.56 Å². The molecule has 0 aliphatic heterocycles. The van der Waals surface area contributed by atoms with E-state index in [9.17, 15) is 9.18 Å². The van der Waals surface area contributed by atoms with Crippen molar-refractivity contribution in [1.29, 1.82) is 0 Å². The Labute approximate surface area is 223 Å². The topological polar surface area (TPSA) is 65.7 Å². The Morgan fingerprint density at radius 2 is 1.71 bits per heavy atom. The molecule has 5 rings (SSSR count). The lowest BCUT2D eigenvalue weighted by atomic mass is 10.2. The smallest absolute Gasteiger partial charge is 0.282 e. The number of para-hydroxylation sites is 1. The standard InChI is InChI=1S/C30H23ClFN3O3/c1-2-37-27-17-21(16-25(31)28(27)38-19-20-12-14-23(32)15-13-20)18-33-35-29(22-8-4-3-5-9-22)34-26-11-7-6-10-24(26)30(35)36/h3-18H,2,19H2,1H3. The molecule has 0 amide bonds. The first kappa shape index (κ1) is 25.2. The van der Waals surface area contributed by atoms with Crippen LogP contribution in [0.2, 0.25) is 5.02 Å². The van der Waals surface area contributed by atoms with Gasteiger partial charge in [-0.1, -0.05) is 66.2 Å². The first-order valence-corrected chi connectivity index (χ1v) is 12.4. The molecule has 6 nitrogen and oxygen atoms in total. The van der Waals surface area contributed by atoms with E-state index in [0.717, 1.165) is 11.1 Å². The van der Waals surface area contributed by atoms with Crippen molar-refractivity contribution in [2.75, 3.05) is 6.61 Å². The maximum atomic E-state index is 13.4. The molecule has 0 radical (unpaired) electrons. The van der Waals surface area contributed by atoms with Crippen LogP contribution in [-0.4, -0.2) is 22.5 Å². The summed E-state index contributed by atoms with van der Waals surface area (Å²) in [6, 6.07) is 26.0. The van der Waals surface area contributed by atoms with Crippen molar-refractivity contribution in [3.63, 3.8) is 0 Å². The van der Waals surface area contributed by atoms with Crippen LogP contribution in [0.15, 0.2) is 101 Å². The second-order valence-electron chi connectivity index (χ2n) is 8.36. The second kappa shape index (κ2) is 11.3. The zero-order valence-corrected chi connectivity index (χ0v) is 21.2. The lowest BCUT2D eigenvalue weighted by Gasteiger charge is -2.14. The number of benzene rings is 4. The van der Waals surface area contributed by atoms with Gasteiger partial charge >= 0.3 is 0 Å². The van der Waals surface area contributed by atoms with E-state index >= 15 is 0 Å². The maximum absolute atomic E-state index is 13.4. The molecule has 1 aromatic heterocycles. The minimum Gasteiger partial charge on any atom is -0.490 e. The van der Waals surface area contributed by atoms with E-state index < -0.39 is 0 Å².